The lowest BCUT2D eigenvalue weighted by molar-refractivity contribution is -0.385. The van der Waals surface area contributed by atoms with E-state index in [4.69, 9.17) is 0 Å². The van der Waals surface area contributed by atoms with Crippen LogP contribution in [0.3, 0.4) is 0 Å². The van der Waals surface area contributed by atoms with Gasteiger partial charge in [-0.25, -0.2) is 12.4 Å². The minimum atomic E-state index is -3.99. The number of nitrogens with one attached hydrogen (secondary N) is 1. The van der Waals surface area contributed by atoms with E-state index in [1.165, 1.54) is 28.4 Å². The molecule has 7 nitrogen and oxygen atoms in total. The standard InChI is InChI=1S/C18H17N3O4S.ClH/c1-19-12-14-10-18(15-6-3-2-4-7-15)20(13-14)26(24,25)17-9-5-8-16(11-17)21(22)23;/h2-11,13,19H,12H2,1H3;1H. The van der Waals surface area contributed by atoms with Crippen LogP contribution in [0.2, 0.25) is 0 Å². The van der Waals surface area contributed by atoms with Crippen LogP contribution in [0, 0.1) is 10.1 Å². The molecule has 9 heteroatoms. The molecule has 0 amide bonds. The second kappa shape index (κ2) is 8.34. The maximum absolute atomic E-state index is 13.1. The predicted octanol–water partition coefficient (Wildman–Crippen LogP) is 3.44. The fourth-order valence-electron chi connectivity index (χ4n) is 2.69. The molecule has 142 valence electrons. The molecule has 0 atom stereocenters. The Balaban J connectivity index is 0.00000261. The van der Waals surface area contributed by atoms with Crippen LogP contribution < -0.4 is 5.32 Å². The van der Waals surface area contributed by atoms with Crippen molar-refractivity contribution in [1.82, 2.24) is 9.29 Å². The van der Waals surface area contributed by atoms with Gasteiger partial charge in [0.25, 0.3) is 15.7 Å². The van der Waals surface area contributed by atoms with E-state index >= 15 is 0 Å². The SMILES string of the molecule is CNCc1cc(-c2ccccc2)n(S(=O)(=O)c2cccc([N+](=O)[O-])c2)c1.Cl. The van der Waals surface area contributed by atoms with Crippen molar-refractivity contribution in [1.29, 1.82) is 0 Å². The number of non-ortho nitro benzene ring substituents is 1. The first-order chi connectivity index (χ1) is 12.4. The number of hydrogen-bond acceptors (Lipinski definition) is 5. The molecule has 3 aromatic rings. The van der Waals surface area contributed by atoms with Crippen LogP contribution in [0.25, 0.3) is 11.3 Å². The topological polar surface area (TPSA) is 94.2 Å². The Kier molecular flexibility index (Phi) is 6.37. The van der Waals surface area contributed by atoms with Gasteiger partial charge in [0.15, 0.2) is 0 Å². The van der Waals surface area contributed by atoms with Crippen LogP contribution in [0.4, 0.5) is 5.69 Å². The van der Waals surface area contributed by atoms with Crippen LogP contribution in [-0.4, -0.2) is 24.4 Å². The summed E-state index contributed by atoms with van der Waals surface area (Å²) in [6, 6.07) is 16.0. The van der Waals surface area contributed by atoms with E-state index in [0.717, 1.165) is 17.2 Å². The fourth-order valence-corrected chi connectivity index (χ4v) is 4.13. The molecule has 1 aromatic heterocycles. The maximum Gasteiger partial charge on any atom is 0.270 e. The molecule has 0 saturated carbocycles. The first-order valence-corrected chi connectivity index (χ1v) is 9.29. The van der Waals surface area contributed by atoms with Gasteiger partial charge in [0.2, 0.25) is 0 Å². The van der Waals surface area contributed by atoms with Crippen molar-refractivity contribution < 1.29 is 13.3 Å². The zero-order valence-electron chi connectivity index (χ0n) is 14.4. The Morgan fingerprint density at radius 1 is 1.07 bits per heavy atom. The van der Waals surface area contributed by atoms with Crippen LogP contribution >= 0.6 is 12.4 Å². The average molecular weight is 408 g/mol. The fraction of sp³-hybridized carbons (Fsp3) is 0.111. The van der Waals surface area contributed by atoms with Crippen LogP contribution in [0.5, 0.6) is 0 Å². The third-order valence-electron chi connectivity index (χ3n) is 3.88. The van der Waals surface area contributed by atoms with Gasteiger partial charge >= 0.3 is 0 Å². The Morgan fingerprint density at radius 3 is 2.41 bits per heavy atom. The summed E-state index contributed by atoms with van der Waals surface area (Å²) >= 11 is 0. The van der Waals surface area contributed by atoms with Crippen molar-refractivity contribution in [2.75, 3.05) is 7.05 Å². The Hall–Kier alpha value is -2.68. The van der Waals surface area contributed by atoms with Crippen molar-refractivity contribution in [2.24, 2.45) is 0 Å². The summed E-state index contributed by atoms with van der Waals surface area (Å²) in [7, 11) is -2.21. The number of rotatable bonds is 6. The molecule has 0 bridgehead atoms. The largest absolute Gasteiger partial charge is 0.316 e. The van der Waals surface area contributed by atoms with Gasteiger partial charge in [0, 0.05) is 24.9 Å². The van der Waals surface area contributed by atoms with E-state index in [1.807, 2.05) is 30.3 Å². The highest BCUT2D eigenvalue weighted by Crippen LogP contribution is 2.28. The molecule has 0 aliphatic carbocycles. The summed E-state index contributed by atoms with van der Waals surface area (Å²) in [5, 5.41) is 14.0. The van der Waals surface area contributed by atoms with Gasteiger partial charge in [-0.1, -0.05) is 36.4 Å². The summed E-state index contributed by atoms with van der Waals surface area (Å²) in [5.41, 5.74) is 1.77. The van der Waals surface area contributed by atoms with Gasteiger partial charge in [-0.3, -0.25) is 10.1 Å². The van der Waals surface area contributed by atoms with Crippen LogP contribution in [0.1, 0.15) is 5.56 Å². The van der Waals surface area contributed by atoms with E-state index < -0.39 is 14.9 Å². The van der Waals surface area contributed by atoms with Crippen molar-refractivity contribution in [3.8, 4) is 11.3 Å². The third-order valence-corrected chi connectivity index (χ3v) is 5.55. The molecule has 3 rings (SSSR count). The minimum Gasteiger partial charge on any atom is -0.316 e. The number of halogens is 1. The van der Waals surface area contributed by atoms with Crippen LogP contribution in [0.15, 0.2) is 71.8 Å². The van der Waals surface area contributed by atoms with E-state index in [-0.39, 0.29) is 23.0 Å². The third kappa shape index (κ3) is 4.19. The molecular weight excluding hydrogens is 390 g/mol. The Bertz CT molecular complexity index is 1050. The second-order valence-electron chi connectivity index (χ2n) is 5.69. The van der Waals surface area contributed by atoms with Gasteiger partial charge in [-0.05, 0) is 30.3 Å². The van der Waals surface area contributed by atoms with Gasteiger partial charge in [0.05, 0.1) is 15.5 Å². The number of hydrogen-bond donors (Lipinski definition) is 1. The number of nitro benzene ring substituents is 1. The monoisotopic (exact) mass is 407 g/mol. The number of nitro groups is 1. The molecule has 27 heavy (non-hydrogen) atoms. The van der Waals surface area contributed by atoms with Crippen molar-refractivity contribution in [3.05, 3.63) is 82.5 Å². The van der Waals surface area contributed by atoms with Crippen molar-refractivity contribution in [3.63, 3.8) is 0 Å². The lowest BCUT2D eigenvalue weighted by atomic mass is 10.1. The van der Waals surface area contributed by atoms with Crippen molar-refractivity contribution in [2.45, 2.75) is 11.4 Å². The first-order valence-electron chi connectivity index (χ1n) is 7.85. The van der Waals surface area contributed by atoms with Gasteiger partial charge in [-0.15, -0.1) is 12.4 Å². The first kappa shape index (κ1) is 20.6. The molecule has 0 aliphatic heterocycles. The van der Waals surface area contributed by atoms with Gasteiger partial charge < -0.3 is 5.32 Å². The molecule has 1 heterocycles. The molecule has 0 fully saturated rings. The van der Waals surface area contributed by atoms with E-state index in [1.54, 1.807) is 13.1 Å². The number of benzene rings is 2. The number of nitrogens with zero attached hydrogens (tertiary/aromatic N) is 2. The Labute approximate surface area is 163 Å². The lowest BCUT2D eigenvalue weighted by Gasteiger charge is -2.10. The highest BCUT2D eigenvalue weighted by molar-refractivity contribution is 7.90. The summed E-state index contributed by atoms with van der Waals surface area (Å²) < 4.78 is 27.5. The predicted molar refractivity (Wildman–Crippen MR) is 106 cm³/mol. The van der Waals surface area contributed by atoms with Crippen molar-refractivity contribution >= 4 is 28.1 Å². The van der Waals surface area contributed by atoms with Gasteiger partial charge in [-0.2, -0.15) is 0 Å². The molecule has 0 aliphatic rings. The van der Waals surface area contributed by atoms with Gasteiger partial charge in [0.1, 0.15) is 0 Å². The minimum absolute atomic E-state index is 0. The molecular formula is C18H18ClN3O4S. The molecule has 0 saturated heterocycles. The smallest absolute Gasteiger partial charge is 0.270 e. The lowest BCUT2D eigenvalue weighted by Crippen LogP contribution is -2.13. The molecule has 0 spiro atoms. The summed E-state index contributed by atoms with van der Waals surface area (Å²) in [5.74, 6) is 0. The zero-order valence-corrected chi connectivity index (χ0v) is 16.0. The highest BCUT2D eigenvalue weighted by atomic mass is 35.5. The summed E-state index contributed by atoms with van der Waals surface area (Å²) in [6.07, 6.45) is 1.53. The average Bonchev–Trinajstić information content (AvgIpc) is 3.08. The molecule has 0 unspecified atom stereocenters. The molecule has 1 N–H and O–H groups in total. The maximum atomic E-state index is 13.1. The Morgan fingerprint density at radius 2 is 1.78 bits per heavy atom. The van der Waals surface area contributed by atoms with E-state index in [2.05, 4.69) is 5.32 Å². The highest BCUT2D eigenvalue weighted by Gasteiger charge is 2.23. The van der Waals surface area contributed by atoms with E-state index in [9.17, 15) is 18.5 Å². The summed E-state index contributed by atoms with van der Waals surface area (Å²) in [4.78, 5) is 10.2. The second-order valence-corrected chi connectivity index (χ2v) is 7.50. The molecule has 2 aromatic carbocycles. The summed E-state index contributed by atoms with van der Waals surface area (Å²) in [6.45, 7) is 0.497. The quantitative estimate of drug-likeness (QED) is 0.499. The normalized spacial score (nSPS) is 11.0. The molecule has 0 radical (unpaired) electrons. The number of aromatic nitrogens is 1. The zero-order chi connectivity index (χ0) is 18.7. The van der Waals surface area contributed by atoms with E-state index in [0.29, 0.717) is 12.2 Å². The van der Waals surface area contributed by atoms with Crippen LogP contribution in [-0.2, 0) is 16.6 Å².